The zero-order valence-corrected chi connectivity index (χ0v) is 10.7. The molecule has 88 valence electrons. The molecule has 0 bridgehead atoms. The lowest BCUT2D eigenvalue weighted by Gasteiger charge is -2.17. The van der Waals surface area contributed by atoms with E-state index in [9.17, 15) is 4.79 Å². The predicted molar refractivity (Wildman–Crippen MR) is 64.7 cm³/mol. The maximum atomic E-state index is 11.1. The minimum absolute atomic E-state index is 0.566. The van der Waals surface area contributed by atoms with Crippen LogP contribution in [0.25, 0.3) is 0 Å². The maximum Gasteiger partial charge on any atom is 0.325 e. The van der Waals surface area contributed by atoms with Gasteiger partial charge in [-0.2, -0.15) is 0 Å². The van der Waals surface area contributed by atoms with Gasteiger partial charge in [0, 0.05) is 10.0 Å². The molecule has 0 radical (unpaired) electrons. The number of carboxylic acid groups (broad SMARTS) is 1. The van der Waals surface area contributed by atoms with E-state index in [1.165, 1.54) is 7.11 Å². The molecule has 1 aromatic rings. The van der Waals surface area contributed by atoms with Gasteiger partial charge in [-0.05, 0) is 24.7 Å². The molecule has 0 heterocycles. The van der Waals surface area contributed by atoms with Crippen molar-refractivity contribution in [1.29, 1.82) is 0 Å². The third-order valence-electron chi connectivity index (χ3n) is 2.16. The molecular formula is C11H14BrNO3. The summed E-state index contributed by atoms with van der Waals surface area (Å²) in [6, 6.07) is 4.55. The van der Waals surface area contributed by atoms with Crippen LogP contribution < -0.4 is 10.1 Å². The molecule has 4 nitrogen and oxygen atoms in total. The van der Waals surface area contributed by atoms with Gasteiger partial charge in [0.05, 0.1) is 7.11 Å². The number of ether oxygens (including phenoxy) is 1. The van der Waals surface area contributed by atoms with Crippen LogP contribution in [0.1, 0.15) is 18.5 Å². The highest BCUT2D eigenvalue weighted by atomic mass is 79.9. The fourth-order valence-corrected chi connectivity index (χ4v) is 1.84. The van der Waals surface area contributed by atoms with Gasteiger partial charge >= 0.3 is 5.97 Å². The van der Waals surface area contributed by atoms with Gasteiger partial charge < -0.3 is 15.2 Å². The lowest BCUT2D eigenvalue weighted by molar-refractivity contribution is -0.139. The Kier molecular flexibility index (Phi) is 4.76. The summed E-state index contributed by atoms with van der Waals surface area (Å²) in [5.41, 5.74) is 0.617. The number of carboxylic acids is 1. The molecular weight excluding hydrogens is 274 g/mol. The number of rotatable bonds is 5. The minimum atomic E-state index is -0.918. The normalized spacial score (nSPS) is 12.2. The average Bonchev–Trinajstić information content (AvgIpc) is 2.25. The van der Waals surface area contributed by atoms with E-state index >= 15 is 0 Å². The Morgan fingerprint density at radius 2 is 2.31 bits per heavy atom. The molecule has 0 aromatic heterocycles. The molecule has 1 rings (SSSR count). The van der Waals surface area contributed by atoms with E-state index in [2.05, 4.69) is 21.2 Å². The number of benzene rings is 1. The van der Waals surface area contributed by atoms with Crippen molar-refractivity contribution in [2.45, 2.75) is 13.0 Å². The monoisotopic (exact) mass is 287 g/mol. The highest BCUT2D eigenvalue weighted by Gasteiger charge is 2.22. The zero-order valence-electron chi connectivity index (χ0n) is 9.16. The number of methoxy groups -OCH3 is 1. The third kappa shape index (κ3) is 2.96. The van der Waals surface area contributed by atoms with Gasteiger partial charge in [0.1, 0.15) is 11.8 Å². The summed E-state index contributed by atoms with van der Waals surface area (Å²) in [7, 11) is 1.53. The average molecular weight is 288 g/mol. The SMILES string of the molecule is CCNC(C(=O)O)c1cc(Br)ccc1OC. The van der Waals surface area contributed by atoms with E-state index in [0.717, 1.165) is 4.47 Å². The van der Waals surface area contributed by atoms with Crippen molar-refractivity contribution in [3.8, 4) is 5.75 Å². The van der Waals surface area contributed by atoms with Crippen molar-refractivity contribution in [3.63, 3.8) is 0 Å². The van der Waals surface area contributed by atoms with Gasteiger partial charge in [0.25, 0.3) is 0 Å². The van der Waals surface area contributed by atoms with Crippen LogP contribution in [-0.4, -0.2) is 24.7 Å². The van der Waals surface area contributed by atoms with E-state index in [1.54, 1.807) is 12.1 Å². The van der Waals surface area contributed by atoms with Crippen molar-refractivity contribution in [3.05, 3.63) is 28.2 Å². The second kappa shape index (κ2) is 5.86. The first-order valence-corrected chi connectivity index (χ1v) is 5.69. The second-order valence-corrected chi connectivity index (χ2v) is 4.13. The highest BCUT2D eigenvalue weighted by molar-refractivity contribution is 9.10. The molecule has 0 aliphatic carbocycles. The first-order valence-electron chi connectivity index (χ1n) is 4.89. The number of aliphatic carboxylic acids is 1. The largest absolute Gasteiger partial charge is 0.496 e. The summed E-state index contributed by atoms with van der Waals surface area (Å²) in [6.07, 6.45) is 0. The lowest BCUT2D eigenvalue weighted by Crippen LogP contribution is -2.28. The predicted octanol–water partition coefficient (Wildman–Crippen LogP) is 2.19. The van der Waals surface area contributed by atoms with E-state index in [1.807, 2.05) is 13.0 Å². The molecule has 0 amide bonds. The van der Waals surface area contributed by atoms with E-state index in [-0.39, 0.29) is 0 Å². The summed E-state index contributed by atoms with van der Waals surface area (Å²) in [5, 5.41) is 12.0. The molecule has 16 heavy (non-hydrogen) atoms. The second-order valence-electron chi connectivity index (χ2n) is 3.22. The standard InChI is InChI=1S/C11H14BrNO3/c1-3-13-10(11(14)15)8-6-7(12)4-5-9(8)16-2/h4-6,10,13H,3H2,1-2H3,(H,14,15). The molecule has 2 N–H and O–H groups in total. The summed E-state index contributed by atoms with van der Waals surface area (Å²) < 4.78 is 5.98. The Bertz CT molecular complexity index is 381. The van der Waals surface area contributed by atoms with Crippen LogP contribution in [0.15, 0.2) is 22.7 Å². The summed E-state index contributed by atoms with van der Waals surface area (Å²) in [5.74, 6) is -0.352. The Morgan fingerprint density at radius 1 is 1.62 bits per heavy atom. The van der Waals surface area contributed by atoms with E-state index < -0.39 is 12.0 Å². The van der Waals surface area contributed by atoms with Crippen molar-refractivity contribution in [1.82, 2.24) is 5.32 Å². The molecule has 0 spiro atoms. The van der Waals surface area contributed by atoms with Crippen LogP contribution in [0, 0.1) is 0 Å². The number of likely N-dealkylation sites (N-methyl/N-ethyl adjacent to an activating group) is 1. The first-order chi connectivity index (χ1) is 7.60. The van der Waals surface area contributed by atoms with Crippen LogP contribution in [0.2, 0.25) is 0 Å². The topological polar surface area (TPSA) is 58.6 Å². The lowest BCUT2D eigenvalue weighted by atomic mass is 10.1. The molecule has 0 saturated carbocycles. The van der Waals surface area contributed by atoms with Crippen molar-refractivity contribution >= 4 is 21.9 Å². The zero-order chi connectivity index (χ0) is 12.1. The maximum absolute atomic E-state index is 11.1. The number of nitrogens with one attached hydrogen (secondary N) is 1. The van der Waals surface area contributed by atoms with Crippen LogP contribution >= 0.6 is 15.9 Å². The van der Waals surface area contributed by atoms with E-state index in [0.29, 0.717) is 17.9 Å². The molecule has 1 aromatic carbocycles. The van der Waals surface area contributed by atoms with Gasteiger partial charge in [0.15, 0.2) is 0 Å². The fourth-order valence-electron chi connectivity index (χ4n) is 1.47. The highest BCUT2D eigenvalue weighted by Crippen LogP contribution is 2.28. The smallest absolute Gasteiger partial charge is 0.325 e. The summed E-state index contributed by atoms with van der Waals surface area (Å²) in [4.78, 5) is 11.1. The van der Waals surface area contributed by atoms with Crippen LogP contribution in [0.4, 0.5) is 0 Å². The van der Waals surface area contributed by atoms with Gasteiger partial charge in [-0.1, -0.05) is 22.9 Å². The van der Waals surface area contributed by atoms with E-state index in [4.69, 9.17) is 9.84 Å². The molecule has 0 aliphatic heterocycles. The van der Waals surface area contributed by atoms with Gasteiger partial charge in [-0.3, -0.25) is 4.79 Å². The summed E-state index contributed by atoms with van der Waals surface area (Å²) in [6.45, 7) is 2.44. The Balaban J connectivity index is 3.15. The third-order valence-corrected chi connectivity index (χ3v) is 2.65. The molecule has 0 fully saturated rings. The van der Waals surface area contributed by atoms with Crippen molar-refractivity contribution in [2.24, 2.45) is 0 Å². The van der Waals surface area contributed by atoms with Gasteiger partial charge in [-0.25, -0.2) is 0 Å². The Morgan fingerprint density at radius 3 is 2.81 bits per heavy atom. The number of halogens is 1. The molecule has 1 unspecified atom stereocenters. The number of hydrogen-bond donors (Lipinski definition) is 2. The number of hydrogen-bond acceptors (Lipinski definition) is 3. The quantitative estimate of drug-likeness (QED) is 0.872. The van der Waals surface area contributed by atoms with Crippen LogP contribution in [0.5, 0.6) is 5.75 Å². The Labute approximate surface area is 103 Å². The van der Waals surface area contributed by atoms with Crippen LogP contribution in [-0.2, 0) is 4.79 Å². The van der Waals surface area contributed by atoms with Crippen molar-refractivity contribution < 1.29 is 14.6 Å². The Hall–Kier alpha value is -1.07. The van der Waals surface area contributed by atoms with Crippen molar-refractivity contribution in [2.75, 3.05) is 13.7 Å². The molecule has 5 heteroatoms. The number of carbonyl (C=O) groups is 1. The van der Waals surface area contributed by atoms with Gasteiger partial charge in [-0.15, -0.1) is 0 Å². The first kappa shape index (κ1) is 13.0. The van der Waals surface area contributed by atoms with Gasteiger partial charge in [0.2, 0.25) is 0 Å². The fraction of sp³-hybridized carbons (Fsp3) is 0.364. The molecule has 0 aliphatic rings. The van der Waals surface area contributed by atoms with Crippen LogP contribution in [0.3, 0.4) is 0 Å². The summed E-state index contributed by atoms with van der Waals surface area (Å²) >= 11 is 3.32. The molecule has 1 atom stereocenters. The molecule has 0 saturated heterocycles. The minimum Gasteiger partial charge on any atom is -0.496 e.